The first kappa shape index (κ1) is 16.0. The van der Waals surface area contributed by atoms with Gasteiger partial charge < -0.3 is 9.73 Å². The lowest BCUT2D eigenvalue weighted by Crippen LogP contribution is -2.55. The monoisotopic (exact) mass is 352 g/mol. The zero-order valence-electron chi connectivity index (χ0n) is 14.9. The largest absolute Gasteiger partial charge is 0.441 e. The van der Waals surface area contributed by atoms with E-state index in [9.17, 15) is 4.79 Å². The van der Waals surface area contributed by atoms with Gasteiger partial charge in [-0.1, -0.05) is 18.2 Å². The number of nitrogens with one attached hydrogen (secondary N) is 3. The van der Waals surface area contributed by atoms with Crippen molar-refractivity contribution < 1.29 is 9.21 Å². The average Bonchev–Trinajstić information content (AvgIpc) is 3.26. The van der Waals surface area contributed by atoms with Crippen molar-refractivity contribution >= 4 is 5.91 Å². The van der Waals surface area contributed by atoms with Crippen molar-refractivity contribution in [2.45, 2.75) is 44.2 Å². The minimum Gasteiger partial charge on any atom is -0.441 e. The second kappa shape index (κ2) is 6.21. The summed E-state index contributed by atoms with van der Waals surface area (Å²) in [5.41, 5.74) is 8.58. The van der Waals surface area contributed by atoms with Crippen molar-refractivity contribution in [3.05, 3.63) is 41.8 Å². The number of aromatic nitrogens is 1. The first-order chi connectivity index (χ1) is 12.7. The Morgan fingerprint density at radius 3 is 2.85 bits per heavy atom. The lowest BCUT2D eigenvalue weighted by atomic mass is 9.66. The minimum atomic E-state index is 0.129. The predicted octanol–water partition coefficient (Wildman–Crippen LogP) is 2.12. The third kappa shape index (κ3) is 2.64. The number of piperidine rings is 1. The van der Waals surface area contributed by atoms with E-state index in [0.717, 1.165) is 36.4 Å². The van der Waals surface area contributed by atoms with Gasteiger partial charge >= 0.3 is 0 Å². The highest BCUT2D eigenvalue weighted by atomic mass is 16.4. The van der Waals surface area contributed by atoms with Crippen molar-refractivity contribution in [2.24, 2.45) is 11.8 Å². The normalized spacial score (nSPS) is 33.4. The summed E-state index contributed by atoms with van der Waals surface area (Å²) >= 11 is 0. The molecule has 1 aromatic heterocycles. The van der Waals surface area contributed by atoms with E-state index in [2.05, 4.69) is 16.2 Å². The molecule has 1 aromatic carbocycles. The van der Waals surface area contributed by atoms with Gasteiger partial charge in [-0.05, 0) is 43.7 Å². The summed E-state index contributed by atoms with van der Waals surface area (Å²) in [6, 6.07) is 10.6. The number of benzene rings is 1. The molecule has 1 saturated carbocycles. The summed E-state index contributed by atoms with van der Waals surface area (Å²) in [6.45, 7) is 2.97. The maximum absolute atomic E-state index is 12.4. The molecule has 0 spiro atoms. The molecule has 3 aliphatic rings. The van der Waals surface area contributed by atoms with Gasteiger partial charge in [0, 0.05) is 36.5 Å². The Labute approximate surface area is 152 Å². The smallest absolute Gasteiger partial charge is 0.226 e. The molecule has 136 valence electrons. The van der Waals surface area contributed by atoms with Crippen LogP contribution in [0.15, 0.2) is 34.7 Å². The van der Waals surface area contributed by atoms with E-state index in [1.165, 1.54) is 0 Å². The van der Waals surface area contributed by atoms with Gasteiger partial charge in [-0.25, -0.2) is 4.98 Å². The number of hydrazine groups is 1. The Hall–Kier alpha value is -2.18. The minimum absolute atomic E-state index is 0.129. The number of oxazole rings is 1. The maximum atomic E-state index is 12.4. The Kier molecular flexibility index (Phi) is 3.83. The zero-order chi connectivity index (χ0) is 17.7. The summed E-state index contributed by atoms with van der Waals surface area (Å²) in [5.74, 6) is 2.80. The molecular formula is C20H24N4O2. The number of fused-ring (bicyclic) bond motifs is 2. The number of hydrogen-bond donors (Lipinski definition) is 3. The number of hydrogen-bond acceptors (Lipinski definition) is 5. The molecule has 2 aromatic rings. The van der Waals surface area contributed by atoms with Crippen LogP contribution in [-0.2, 0) is 4.79 Å². The molecule has 26 heavy (non-hydrogen) atoms. The predicted molar refractivity (Wildman–Crippen MR) is 97.1 cm³/mol. The average molecular weight is 352 g/mol. The number of carbonyl (C=O) groups excluding carboxylic acids is 1. The first-order valence-electron chi connectivity index (χ1n) is 9.49. The fraction of sp³-hybridized carbons (Fsp3) is 0.500. The Morgan fingerprint density at radius 1 is 1.15 bits per heavy atom. The highest BCUT2D eigenvalue weighted by Gasteiger charge is 2.47. The van der Waals surface area contributed by atoms with Crippen LogP contribution in [0.1, 0.15) is 36.6 Å². The van der Waals surface area contributed by atoms with E-state index in [1.54, 1.807) is 0 Å². The van der Waals surface area contributed by atoms with Crippen molar-refractivity contribution in [3.63, 3.8) is 0 Å². The molecule has 5 atom stereocenters. The van der Waals surface area contributed by atoms with Crippen LogP contribution in [0.4, 0.5) is 0 Å². The third-order valence-corrected chi connectivity index (χ3v) is 6.29. The van der Waals surface area contributed by atoms with E-state index in [0.29, 0.717) is 30.2 Å². The summed E-state index contributed by atoms with van der Waals surface area (Å²) in [7, 11) is 0. The number of nitrogens with zero attached hydrogens (tertiary/aromatic N) is 1. The molecule has 6 nitrogen and oxygen atoms in total. The summed E-state index contributed by atoms with van der Waals surface area (Å²) < 4.78 is 5.99. The summed E-state index contributed by atoms with van der Waals surface area (Å²) in [4.78, 5) is 17.2. The SMILES string of the molecule is Cc1oc(-c2ccccc2)nc1C1CC(=O)NC2CC3NNCC3CC21. The number of aryl methyl sites for hydroxylation is 1. The molecular weight excluding hydrogens is 328 g/mol. The molecule has 3 fully saturated rings. The molecule has 5 unspecified atom stereocenters. The molecule has 2 aliphatic heterocycles. The lowest BCUT2D eigenvalue weighted by molar-refractivity contribution is -0.126. The number of amides is 1. The van der Waals surface area contributed by atoms with Crippen molar-refractivity contribution in [1.82, 2.24) is 21.2 Å². The molecule has 3 N–H and O–H groups in total. The van der Waals surface area contributed by atoms with Crippen LogP contribution in [0.2, 0.25) is 0 Å². The molecule has 1 aliphatic carbocycles. The zero-order valence-corrected chi connectivity index (χ0v) is 14.9. The van der Waals surface area contributed by atoms with E-state index in [1.807, 2.05) is 37.3 Å². The summed E-state index contributed by atoms with van der Waals surface area (Å²) in [5, 5.41) is 3.22. The molecule has 0 bridgehead atoms. The molecule has 5 rings (SSSR count). The van der Waals surface area contributed by atoms with Gasteiger partial charge in [-0.3, -0.25) is 15.6 Å². The van der Waals surface area contributed by atoms with Gasteiger partial charge in [0.25, 0.3) is 0 Å². The quantitative estimate of drug-likeness (QED) is 0.772. The Morgan fingerprint density at radius 2 is 2.00 bits per heavy atom. The van der Waals surface area contributed by atoms with Gasteiger partial charge in [0.1, 0.15) is 5.76 Å². The van der Waals surface area contributed by atoms with Gasteiger partial charge in [0.15, 0.2) is 0 Å². The van der Waals surface area contributed by atoms with E-state index >= 15 is 0 Å². The lowest BCUT2D eigenvalue weighted by Gasteiger charge is -2.44. The Bertz CT molecular complexity index is 818. The second-order valence-corrected chi connectivity index (χ2v) is 7.84. The fourth-order valence-corrected chi connectivity index (χ4v) is 5.03. The van der Waals surface area contributed by atoms with E-state index in [4.69, 9.17) is 9.40 Å². The fourth-order valence-electron chi connectivity index (χ4n) is 5.03. The molecule has 1 amide bonds. The summed E-state index contributed by atoms with van der Waals surface area (Å²) in [6.07, 6.45) is 2.58. The molecule has 6 heteroatoms. The number of carbonyl (C=O) groups is 1. The van der Waals surface area contributed by atoms with Crippen molar-refractivity contribution in [2.75, 3.05) is 6.54 Å². The number of rotatable bonds is 2. The second-order valence-electron chi connectivity index (χ2n) is 7.84. The highest BCUT2D eigenvalue weighted by molar-refractivity contribution is 5.78. The van der Waals surface area contributed by atoms with Crippen LogP contribution in [0, 0.1) is 18.8 Å². The van der Waals surface area contributed by atoms with Crippen LogP contribution in [0.25, 0.3) is 11.5 Å². The molecule has 2 saturated heterocycles. The van der Waals surface area contributed by atoms with Gasteiger partial charge in [-0.2, -0.15) is 0 Å². The highest BCUT2D eigenvalue weighted by Crippen LogP contribution is 2.44. The van der Waals surface area contributed by atoms with Crippen LogP contribution in [0.3, 0.4) is 0 Å². The van der Waals surface area contributed by atoms with Crippen molar-refractivity contribution in [3.8, 4) is 11.5 Å². The maximum Gasteiger partial charge on any atom is 0.226 e. The van der Waals surface area contributed by atoms with Crippen LogP contribution in [0.5, 0.6) is 0 Å². The molecule has 3 heterocycles. The van der Waals surface area contributed by atoms with Gasteiger partial charge in [0.2, 0.25) is 11.8 Å². The third-order valence-electron chi connectivity index (χ3n) is 6.29. The van der Waals surface area contributed by atoms with Gasteiger partial charge in [0.05, 0.1) is 5.69 Å². The van der Waals surface area contributed by atoms with Crippen LogP contribution >= 0.6 is 0 Å². The van der Waals surface area contributed by atoms with Crippen LogP contribution in [-0.4, -0.2) is 29.5 Å². The van der Waals surface area contributed by atoms with Crippen molar-refractivity contribution in [1.29, 1.82) is 0 Å². The standard InChI is InChI=1S/C20H24N4O2/c1-11-19(23-20(26-11)12-5-3-2-4-6-12)15-8-18(25)22-17-9-16-13(7-14(15)17)10-21-24-16/h2-6,13-17,21,24H,7-10H2,1H3,(H,22,25). The van der Waals surface area contributed by atoms with E-state index < -0.39 is 0 Å². The van der Waals surface area contributed by atoms with E-state index in [-0.39, 0.29) is 17.9 Å². The molecule has 0 radical (unpaired) electrons. The van der Waals surface area contributed by atoms with Gasteiger partial charge in [-0.15, -0.1) is 0 Å². The Balaban J connectivity index is 1.48. The first-order valence-corrected chi connectivity index (χ1v) is 9.49. The van der Waals surface area contributed by atoms with Crippen LogP contribution < -0.4 is 16.2 Å². The topological polar surface area (TPSA) is 79.2 Å².